The van der Waals surface area contributed by atoms with Crippen molar-refractivity contribution in [1.29, 1.82) is 0 Å². The number of ketones is 1. The average Bonchev–Trinajstić information content (AvgIpc) is 2.92. The number of amides is 2. The van der Waals surface area contributed by atoms with Gasteiger partial charge in [0.25, 0.3) is 6.43 Å². The minimum Gasteiger partial charge on any atom is -0.493 e. The third-order valence-electron chi connectivity index (χ3n) is 6.94. The number of hydrogen-bond donors (Lipinski definition) is 1. The summed E-state index contributed by atoms with van der Waals surface area (Å²) in [7, 11) is 2.31. The first-order valence-corrected chi connectivity index (χ1v) is 12.4. The highest BCUT2D eigenvalue weighted by molar-refractivity contribution is 6.06. The van der Waals surface area contributed by atoms with Crippen molar-refractivity contribution in [3.05, 3.63) is 42.1 Å². The summed E-state index contributed by atoms with van der Waals surface area (Å²) in [6.45, 7) is 2.07. The smallest absolute Gasteiger partial charge is 0.330 e. The van der Waals surface area contributed by atoms with Crippen LogP contribution in [0.1, 0.15) is 37.7 Å². The van der Waals surface area contributed by atoms with Crippen LogP contribution in [0.4, 0.5) is 39.8 Å². The second-order valence-electron chi connectivity index (χ2n) is 9.34. The van der Waals surface area contributed by atoms with Gasteiger partial charge in [-0.05, 0) is 24.8 Å². The number of benzene rings is 1. The van der Waals surface area contributed by atoms with E-state index < -0.39 is 54.4 Å². The van der Waals surface area contributed by atoms with Gasteiger partial charge in [-0.15, -0.1) is 0 Å². The minimum absolute atomic E-state index is 0.00663. The van der Waals surface area contributed by atoms with E-state index in [2.05, 4.69) is 21.9 Å². The van der Waals surface area contributed by atoms with Gasteiger partial charge in [-0.2, -0.15) is 4.98 Å². The monoisotopic (exact) mass is 551 g/mol. The molecule has 2 heterocycles. The number of carbonyl (C=O) groups excluding carboxylic acids is 2. The first-order chi connectivity index (χ1) is 18.7. The molecule has 0 spiro atoms. The Morgan fingerprint density at radius 1 is 1.21 bits per heavy atom. The number of carbonyl (C=O) groups is 2. The lowest BCUT2D eigenvalue weighted by molar-refractivity contribution is -0.115. The summed E-state index contributed by atoms with van der Waals surface area (Å²) in [5, 5.41) is 3.19. The van der Waals surface area contributed by atoms with Gasteiger partial charge in [0, 0.05) is 30.3 Å². The van der Waals surface area contributed by atoms with E-state index >= 15 is 8.78 Å². The zero-order valence-electron chi connectivity index (χ0n) is 21.6. The van der Waals surface area contributed by atoms with Crippen molar-refractivity contribution in [1.82, 2.24) is 9.97 Å². The summed E-state index contributed by atoms with van der Waals surface area (Å²) in [5.41, 5.74) is -0.608. The molecule has 9 nitrogen and oxygen atoms in total. The normalized spacial score (nSPS) is 19.1. The number of ether oxygens (including phenoxy) is 2. The molecule has 1 saturated carbocycles. The van der Waals surface area contributed by atoms with Crippen molar-refractivity contribution in [3.63, 3.8) is 0 Å². The van der Waals surface area contributed by atoms with Crippen LogP contribution in [0.15, 0.2) is 24.9 Å². The Balaban J connectivity index is 1.70. The first kappa shape index (κ1) is 28.1. The molecule has 0 radical (unpaired) electrons. The fourth-order valence-electron chi connectivity index (χ4n) is 5.02. The molecule has 1 aromatic carbocycles. The molecule has 2 aromatic rings. The summed E-state index contributed by atoms with van der Waals surface area (Å²) >= 11 is 0. The van der Waals surface area contributed by atoms with E-state index in [-0.39, 0.29) is 35.1 Å². The average molecular weight is 552 g/mol. The topological polar surface area (TPSA) is 96.9 Å². The van der Waals surface area contributed by atoms with Gasteiger partial charge in [-0.25, -0.2) is 27.3 Å². The SMILES string of the molecule is C=CC(=O)CC1CCCCC1Nc1ncc2c(n1)N(CC(F)F)C(=O)N(c1c(F)c(OC)cc(OC)c1F)C2. The molecular formula is C26H29F4N5O4. The highest BCUT2D eigenvalue weighted by atomic mass is 19.3. The molecule has 4 rings (SSSR count). The number of fused-ring (bicyclic) bond motifs is 1. The number of anilines is 3. The number of rotatable bonds is 10. The number of alkyl halides is 2. The van der Waals surface area contributed by atoms with E-state index in [0.29, 0.717) is 16.2 Å². The number of urea groups is 1. The van der Waals surface area contributed by atoms with Gasteiger partial charge in [0.2, 0.25) is 5.95 Å². The first-order valence-electron chi connectivity index (χ1n) is 12.4. The second-order valence-corrected chi connectivity index (χ2v) is 9.34. The molecular weight excluding hydrogens is 522 g/mol. The van der Waals surface area contributed by atoms with Crippen molar-refractivity contribution in [2.45, 2.75) is 51.1 Å². The number of allylic oxidation sites excluding steroid dienone is 1. The van der Waals surface area contributed by atoms with Crippen molar-refractivity contribution >= 4 is 29.3 Å². The number of methoxy groups -OCH3 is 2. The predicted molar refractivity (Wildman–Crippen MR) is 136 cm³/mol. The van der Waals surface area contributed by atoms with E-state index in [1.54, 1.807) is 0 Å². The molecule has 1 aromatic heterocycles. The van der Waals surface area contributed by atoms with Gasteiger partial charge in [0.05, 0.1) is 27.3 Å². The number of nitrogens with zero attached hydrogens (tertiary/aromatic N) is 4. The number of aromatic nitrogens is 2. The maximum Gasteiger partial charge on any atom is 0.330 e. The molecule has 1 aliphatic heterocycles. The molecule has 1 aliphatic carbocycles. The van der Waals surface area contributed by atoms with E-state index in [9.17, 15) is 18.4 Å². The molecule has 2 aliphatic rings. The molecule has 39 heavy (non-hydrogen) atoms. The van der Waals surface area contributed by atoms with Crippen molar-refractivity contribution < 1.29 is 36.6 Å². The standard InChI is InChI=1S/C26H29F4N5O4/c1-4-16(36)9-14-7-5-6-8-17(14)32-25-31-11-15-12-34(26(37)35(13-20(27)28)24(15)33-25)23-21(29)18(38-2)10-19(39-3)22(23)30/h4,10-11,14,17,20H,1,5-9,12-13H2,2-3H3,(H,31,32,33). The Morgan fingerprint density at radius 2 is 1.87 bits per heavy atom. The molecule has 0 bridgehead atoms. The lowest BCUT2D eigenvalue weighted by Gasteiger charge is -2.37. The van der Waals surface area contributed by atoms with Gasteiger partial charge in [-0.3, -0.25) is 14.6 Å². The van der Waals surface area contributed by atoms with Crippen LogP contribution in [0.25, 0.3) is 0 Å². The zero-order chi connectivity index (χ0) is 28.3. The van der Waals surface area contributed by atoms with Gasteiger partial charge in [0.15, 0.2) is 28.9 Å². The van der Waals surface area contributed by atoms with Gasteiger partial charge < -0.3 is 14.8 Å². The summed E-state index contributed by atoms with van der Waals surface area (Å²) < 4.78 is 67.5. The fourth-order valence-corrected chi connectivity index (χ4v) is 5.02. The quantitative estimate of drug-likeness (QED) is 0.324. The maximum atomic E-state index is 15.2. The van der Waals surface area contributed by atoms with E-state index in [4.69, 9.17) is 9.47 Å². The maximum absolute atomic E-state index is 15.2. The van der Waals surface area contributed by atoms with Crippen LogP contribution < -0.4 is 24.6 Å². The van der Waals surface area contributed by atoms with Crippen molar-refractivity contribution in [2.75, 3.05) is 35.9 Å². The van der Waals surface area contributed by atoms with E-state index in [1.165, 1.54) is 12.3 Å². The number of hydrogen-bond acceptors (Lipinski definition) is 7. The highest BCUT2D eigenvalue weighted by Crippen LogP contribution is 2.41. The third kappa shape index (κ3) is 5.76. The summed E-state index contributed by atoms with van der Waals surface area (Å²) in [6, 6.07) is -0.268. The van der Waals surface area contributed by atoms with Crippen LogP contribution in [0.3, 0.4) is 0 Å². The Kier molecular flexibility index (Phi) is 8.56. The van der Waals surface area contributed by atoms with Crippen molar-refractivity contribution in [2.24, 2.45) is 5.92 Å². The Morgan fingerprint density at radius 3 is 2.49 bits per heavy atom. The van der Waals surface area contributed by atoms with Gasteiger partial charge in [0.1, 0.15) is 11.5 Å². The minimum atomic E-state index is -2.96. The Hall–Kier alpha value is -3.90. The van der Waals surface area contributed by atoms with Gasteiger partial charge in [-0.1, -0.05) is 19.4 Å². The molecule has 2 unspecified atom stereocenters. The molecule has 13 heteroatoms. The van der Waals surface area contributed by atoms with E-state index in [0.717, 1.165) is 46.0 Å². The van der Waals surface area contributed by atoms with Crippen LogP contribution in [0.5, 0.6) is 11.5 Å². The Bertz CT molecular complexity index is 1230. The molecule has 2 amide bonds. The van der Waals surface area contributed by atoms with Crippen LogP contribution in [-0.4, -0.2) is 55.0 Å². The second kappa shape index (κ2) is 11.9. The molecule has 210 valence electrons. The van der Waals surface area contributed by atoms with Crippen molar-refractivity contribution in [3.8, 4) is 11.5 Å². The lowest BCUT2D eigenvalue weighted by atomic mass is 9.81. The summed E-state index contributed by atoms with van der Waals surface area (Å²) in [5.74, 6) is -3.25. The van der Waals surface area contributed by atoms with Crippen LogP contribution in [0, 0.1) is 17.6 Å². The fraction of sp³-hybridized carbons (Fsp3) is 0.462. The zero-order valence-corrected chi connectivity index (χ0v) is 21.6. The van der Waals surface area contributed by atoms with E-state index in [1.807, 2.05) is 0 Å². The molecule has 1 N–H and O–H groups in total. The highest BCUT2D eigenvalue weighted by Gasteiger charge is 2.39. The molecule has 2 atom stereocenters. The van der Waals surface area contributed by atoms with Crippen LogP contribution in [0.2, 0.25) is 0 Å². The number of halogens is 4. The molecule has 0 saturated heterocycles. The van der Waals surface area contributed by atoms with Gasteiger partial charge >= 0.3 is 6.03 Å². The summed E-state index contributed by atoms with van der Waals surface area (Å²) in [6.07, 6.45) is 3.40. The Labute approximate surface area is 222 Å². The number of nitrogens with one attached hydrogen (secondary N) is 1. The largest absolute Gasteiger partial charge is 0.493 e. The van der Waals surface area contributed by atoms with Crippen LogP contribution in [-0.2, 0) is 11.3 Å². The third-order valence-corrected chi connectivity index (χ3v) is 6.94. The predicted octanol–water partition coefficient (Wildman–Crippen LogP) is 5.10. The molecule has 1 fully saturated rings. The lowest BCUT2D eigenvalue weighted by Crippen LogP contribution is -2.50. The van der Waals surface area contributed by atoms with Crippen LogP contribution >= 0.6 is 0 Å². The summed E-state index contributed by atoms with van der Waals surface area (Å²) in [4.78, 5) is 35.4.